The fourth-order valence-corrected chi connectivity index (χ4v) is 3.40. The molecule has 0 amide bonds. The fraction of sp³-hybridized carbons (Fsp3) is 0.444. The molecule has 1 atom stereocenters. The highest BCUT2D eigenvalue weighted by atomic mass is 16.5. The Morgan fingerprint density at radius 1 is 1.16 bits per heavy atom. The molecule has 0 spiro atoms. The van der Waals surface area contributed by atoms with E-state index in [1.54, 1.807) is 12.7 Å². The van der Waals surface area contributed by atoms with Gasteiger partial charge in [0, 0.05) is 12.5 Å². The molecule has 0 aliphatic carbocycles. The largest absolute Gasteiger partial charge is 0.338 e. The molecule has 4 rings (SSSR count). The third-order valence-corrected chi connectivity index (χ3v) is 4.67. The van der Waals surface area contributed by atoms with E-state index < -0.39 is 0 Å². The highest BCUT2D eigenvalue weighted by Crippen LogP contribution is 2.20. The second-order valence-corrected chi connectivity index (χ2v) is 6.50. The summed E-state index contributed by atoms with van der Waals surface area (Å²) in [6.45, 7) is 2.60. The standard InChI is InChI=1S/C18H22N6O/c1-2-6-15(7-3-1)10-17-21-18(25-22-17)12-23-9-5-4-8-16(23)11-24-14-19-13-20-24/h1-3,6-7,13-14,16H,4-5,8-12H2/t16-/m0/s1. The number of aromatic nitrogens is 5. The highest BCUT2D eigenvalue weighted by molar-refractivity contribution is 5.18. The summed E-state index contributed by atoms with van der Waals surface area (Å²) < 4.78 is 7.39. The SMILES string of the molecule is c1ccc(Cc2noc(CN3CCCC[C@H]3Cn3cncn3)n2)cc1. The van der Waals surface area contributed by atoms with Crippen molar-refractivity contribution in [3.05, 3.63) is 60.3 Å². The van der Waals surface area contributed by atoms with Gasteiger partial charge >= 0.3 is 0 Å². The van der Waals surface area contributed by atoms with Gasteiger partial charge in [-0.1, -0.05) is 41.9 Å². The number of hydrogen-bond donors (Lipinski definition) is 0. The number of rotatable bonds is 6. The number of nitrogens with zero attached hydrogens (tertiary/aromatic N) is 6. The molecule has 0 bridgehead atoms. The quantitative estimate of drug-likeness (QED) is 0.687. The lowest BCUT2D eigenvalue weighted by Gasteiger charge is -2.34. The van der Waals surface area contributed by atoms with Crippen LogP contribution in [0.4, 0.5) is 0 Å². The van der Waals surface area contributed by atoms with Gasteiger partial charge in [0.25, 0.3) is 0 Å². The number of likely N-dealkylation sites (tertiary alicyclic amines) is 1. The van der Waals surface area contributed by atoms with Gasteiger partial charge in [-0.15, -0.1) is 0 Å². The van der Waals surface area contributed by atoms with Crippen LogP contribution in [-0.4, -0.2) is 42.4 Å². The van der Waals surface area contributed by atoms with Gasteiger partial charge in [-0.3, -0.25) is 9.58 Å². The molecular formula is C18H22N6O. The molecule has 0 unspecified atom stereocenters. The van der Waals surface area contributed by atoms with Crippen molar-refractivity contribution in [2.24, 2.45) is 0 Å². The lowest BCUT2D eigenvalue weighted by Crippen LogP contribution is -2.41. The average Bonchev–Trinajstić information content (AvgIpc) is 3.30. The molecule has 130 valence electrons. The smallest absolute Gasteiger partial charge is 0.240 e. The second-order valence-electron chi connectivity index (χ2n) is 6.50. The summed E-state index contributed by atoms with van der Waals surface area (Å²) in [5.74, 6) is 1.43. The van der Waals surface area contributed by atoms with Crippen LogP contribution >= 0.6 is 0 Å². The van der Waals surface area contributed by atoms with Crippen LogP contribution in [0.25, 0.3) is 0 Å². The maximum Gasteiger partial charge on any atom is 0.240 e. The summed E-state index contributed by atoms with van der Waals surface area (Å²) >= 11 is 0. The van der Waals surface area contributed by atoms with Crippen molar-refractivity contribution in [1.82, 2.24) is 29.8 Å². The Kier molecular flexibility index (Phi) is 4.83. The first kappa shape index (κ1) is 16.0. The molecule has 7 heteroatoms. The van der Waals surface area contributed by atoms with E-state index in [1.165, 1.54) is 18.4 Å². The van der Waals surface area contributed by atoms with Gasteiger partial charge in [0.2, 0.25) is 5.89 Å². The maximum absolute atomic E-state index is 5.49. The Morgan fingerprint density at radius 3 is 2.92 bits per heavy atom. The molecule has 3 aromatic rings. The first-order valence-corrected chi connectivity index (χ1v) is 8.79. The van der Waals surface area contributed by atoms with E-state index in [-0.39, 0.29) is 0 Å². The predicted molar refractivity (Wildman–Crippen MR) is 91.6 cm³/mol. The van der Waals surface area contributed by atoms with Gasteiger partial charge in [-0.05, 0) is 24.9 Å². The number of piperidine rings is 1. The zero-order chi connectivity index (χ0) is 16.9. The fourth-order valence-electron chi connectivity index (χ4n) is 3.40. The van der Waals surface area contributed by atoms with Crippen molar-refractivity contribution in [3.8, 4) is 0 Å². The summed E-state index contributed by atoms with van der Waals surface area (Å²) in [4.78, 5) is 11.0. The molecule has 1 aromatic carbocycles. The van der Waals surface area contributed by atoms with Crippen molar-refractivity contribution in [1.29, 1.82) is 0 Å². The number of benzene rings is 1. The summed E-state index contributed by atoms with van der Waals surface area (Å²) in [5.41, 5.74) is 1.19. The first-order valence-electron chi connectivity index (χ1n) is 8.79. The lowest BCUT2D eigenvalue weighted by molar-refractivity contribution is 0.108. The molecule has 25 heavy (non-hydrogen) atoms. The summed E-state index contributed by atoms with van der Waals surface area (Å²) in [6, 6.07) is 10.7. The van der Waals surface area contributed by atoms with E-state index >= 15 is 0 Å². The minimum absolute atomic E-state index is 0.430. The van der Waals surface area contributed by atoms with E-state index in [4.69, 9.17) is 4.52 Å². The van der Waals surface area contributed by atoms with Crippen molar-refractivity contribution in [2.45, 2.75) is 44.8 Å². The van der Waals surface area contributed by atoms with Crippen molar-refractivity contribution in [3.63, 3.8) is 0 Å². The van der Waals surface area contributed by atoms with Crippen LogP contribution in [0.1, 0.15) is 36.5 Å². The van der Waals surface area contributed by atoms with Crippen LogP contribution in [0.15, 0.2) is 47.5 Å². The maximum atomic E-state index is 5.49. The van der Waals surface area contributed by atoms with Gasteiger partial charge in [0.05, 0.1) is 13.1 Å². The highest BCUT2D eigenvalue weighted by Gasteiger charge is 2.25. The Balaban J connectivity index is 1.40. The monoisotopic (exact) mass is 338 g/mol. The molecule has 2 aromatic heterocycles. The van der Waals surface area contributed by atoms with E-state index in [9.17, 15) is 0 Å². The summed E-state index contributed by atoms with van der Waals surface area (Å²) in [5, 5.41) is 8.37. The van der Waals surface area contributed by atoms with Crippen LogP contribution in [0.5, 0.6) is 0 Å². The minimum atomic E-state index is 0.430. The minimum Gasteiger partial charge on any atom is -0.338 e. The predicted octanol–water partition coefficient (Wildman–Crippen LogP) is 2.31. The molecule has 7 nitrogen and oxygen atoms in total. The van der Waals surface area contributed by atoms with Crippen LogP contribution in [0.2, 0.25) is 0 Å². The summed E-state index contributed by atoms with van der Waals surface area (Å²) in [7, 11) is 0. The van der Waals surface area contributed by atoms with Gasteiger partial charge < -0.3 is 4.52 Å². The van der Waals surface area contributed by atoms with E-state index in [0.717, 1.165) is 25.3 Å². The Bertz CT molecular complexity index is 770. The van der Waals surface area contributed by atoms with Gasteiger partial charge in [0.1, 0.15) is 12.7 Å². The van der Waals surface area contributed by atoms with Crippen molar-refractivity contribution in [2.75, 3.05) is 6.54 Å². The third-order valence-electron chi connectivity index (χ3n) is 4.67. The molecule has 3 heterocycles. The Hall–Kier alpha value is -2.54. The zero-order valence-corrected chi connectivity index (χ0v) is 14.2. The van der Waals surface area contributed by atoms with Crippen molar-refractivity contribution >= 4 is 0 Å². The summed E-state index contributed by atoms with van der Waals surface area (Å²) in [6.07, 6.45) is 7.67. The molecule has 0 saturated carbocycles. The molecule has 1 aliphatic heterocycles. The molecule has 1 aliphatic rings. The van der Waals surface area contributed by atoms with E-state index in [0.29, 0.717) is 24.9 Å². The van der Waals surface area contributed by atoms with Crippen LogP contribution in [0, 0.1) is 0 Å². The topological polar surface area (TPSA) is 72.9 Å². The van der Waals surface area contributed by atoms with E-state index in [2.05, 4.69) is 37.3 Å². The zero-order valence-electron chi connectivity index (χ0n) is 14.2. The number of hydrogen-bond acceptors (Lipinski definition) is 6. The van der Waals surface area contributed by atoms with Crippen LogP contribution in [-0.2, 0) is 19.5 Å². The van der Waals surface area contributed by atoms with Crippen molar-refractivity contribution < 1.29 is 4.52 Å². The Labute approximate surface area is 146 Å². The Morgan fingerprint density at radius 2 is 2.08 bits per heavy atom. The first-order chi connectivity index (χ1) is 12.4. The second kappa shape index (κ2) is 7.57. The molecule has 0 N–H and O–H groups in total. The van der Waals surface area contributed by atoms with Gasteiger partial charge in [-0.25, -0.2) is 4.98 Å². The van der Waals surface area contributed by atoms with Gasteiger partial charge in [-0.2, -0.15) is 10.1 Å². The average molecular weight is 338 g/mol. The van der Waals surface area contributed by atoms with Gasteiger partial charge in [0.15, 0.2) is 5.82 Å². The normalized spacial score (nSPS) is 18.5. The lowest BCUT2D eigenvalue weighted by atomic mass is 10.0. The molecular weight excluding hydrogens is 316 g/mol. The van der Waals surface area contributed by atoms with Crippen LogP contribution in [0.3, 0.4) is 0 Å². The molecule has 1 saturated heterocycles. The van der Waals surface area contributed by atoms with E-state index in [1.807, 2.05) is 22.9 Å². The van der Waals surface area contributed by atoms with Crippen LogP contribution < -0.4 is 0 Å². The molecule has 0 radical (unpaired) electrons. The third kappa shape index (κ3) is 4.11. The molecule has 1 fully saturated rings.